The van der Waals surface area contributed by atoms with E-state index in [4.69, 9.17) is 21.1 Å². The molecule has 212 valence electrons. The molecular formula is C35H41ClO4. The number of ether oxygens (including phenoxy) is 2. The van der Waals surface area contributed by atoms with Gasteiger partial charge in [-0.15, -0.1) is 0 Å². The fourth-order valence-corrected chi connectivity index (χ4v) is 6.04. The molecule has 40 heavy (non-hydrogen) atoms. The molecule has 4 nitrogen and oxygen atoms in total. The molecule has 0 aliphatic heterocycles. The summed E-state index contributed by atoms with van der Waals surface area (Å²) < 4.78 is 11.7. The van der Waals surface area contributed by atoms with E-state index in [1.165, 1.54) is 56.9 Å². The number of carbonyl (C=O) groups excluding carboxylic acids is 2. The zero-order valence-corrected chi connectivity index (χ0v) is 24.5. The number of hydrogen-bond acceptors (Lipinski definition) is 4. The fourth-order valence-electron chi connectivity index (χ4n) is 5.77. The van der Waals surface area contributed by atoms with Crippen molar-refractivity contribution in [3.05, 3.63) is 106 Å². The third kappa shape index (κ3) is 7.54. The molecule has 5 heteroatoms. The molecule has 0 radical (unpaired) electrons. The number of benzene rings is 3. The highest BCUT2D eigenvalue weighted by Gasteiger charge is 2.42. The van der Waals surface area contributed by atoms with E-state index in [1.807, 2.05) is 54.6 Å². The van der Waals surface area contributed by atoms with Crippen LogP contribution in [0.5, 0.6) is 0 Å². The van der Waals surface area contributed by atoms with Crippen LogP contribution in [0.3, 0.4) is 0 Å². The van der Waals surface area contributed by atoms with E-state index in [0.717, 1.165) is 11.1 Å². The minimum absolute atomic E-state index is 0.0506. The van der Waals surface area contributed by atoms with Crippen LogP contribution in [0, 0.1) is 0 Å². The van der Waals surface area contributed by atoms with Gasteiger partial charge in [-0.2, -0.15) is 0 Å². The van der Waals surface area contributed by atoms with Crippen molar-refractivity contribution in [1.82, 2.24) is 0 Å². The molecule has 1 unspecified atom stereocenters. The number of carbonyl (C=O) groups is 2. The lowest BCUT2D eigenvalue weighted by Crippen LogP contribution is -2.36. The number of esters is 2. The largest absolute Gasteiger partial charge is 0.463 e. The van der Waals surface area contributed by atoms with Gasteiger partial charge in [0.1, 0.15) is 0 Å². The van der Waals surface area contributed by atoms with Crippen LogP contribution in [-0.2, 0) is 24.7 Å². The molecule has 1 saturated carbocycles. The molecule has 0 bridgehead atoms. The van der Waals surface area contributed by atoms with Crippen LogP contribution in [0.25, 0.3) is 0 Å². The van der Waals surface area contributed by atoms with Crippen molar-refractivity contribution >= 4 is 23.5 Å². The molecule has 0 heterocycles. The Morgan fingerprint density at radius 1 is 0.750 bits per heavy atom. The van der Waals surface area contributed by atoms with Crippen LogP contribution in [0.1, 0.15) is 106 Å². The normalized spacial score (nSPS) is 16.3. The zero-order valence-electron chi connectivity index (χ0n) is 23.7. The molecule has 0 amide bonds. The van der Waals surface area contributed by atoms with Crippen LogP contribution in [-0.4, -0.2) is 18.0 Å². The first-order valence-corrected chi connectivity index (χ1v) is 15.1. The van der Waals surface area contributed by atoms with Crippen molar-refractivity contribution in [2.75, 3.05) is 0 Å². The molecule has 1 fully saturated rings. The second kappa shape index (κ2) is 14.5. The van der Waals surface area contributed by atoms with Gasteiger partial charge < -0.3 is 9.47 Å². The third-order valence-corrected chi connectivity index (χ3v) is 8.07. The molecule has 1 atom stereocenters. The Labute approximate surface area is 244 Å². The average Bonchev–Trinajstić information content (AvgIpc) is 3.10. The van der Waals surface area contributed by atoms with Crippen molar-refractivity contribution in [3.8, 4) is 0 Å². The summed E-state index contributed by atoms with van der Waals surface area (Å²) in [6.45, 7) is 3.58. The maximum Gasteiger partial charge on any atom is 0.307 e. The van der Waals surface area contributed by atoms with Gasteiger partial charge >= 0.3 is 11.9 Å². The van der Waals surface area contributed by atoms with Gasteiger partial charge in [0.2, 0.25) is 0 Å². The summed E-state index contributed by atoms with van der Waals surface area (Å²) in [4.78, 5) is 25.6. The summed E-state index contributed by atoms with van der Waals surface area (Å²) in [5.41, 5.74) is 2.33. The highest BCUT2D eigenvalue weighted by Crippen LogP contribution is 2.44. The smallest absolute Gasteiger partial charge is 0.307 e. The van der Waals surface area contributed by atoms with E-state index >= 15 is 0 Å². The molecule has 4 rings (SSSR count). The highest BCUT2D eigenvalue weighted by molar-refractivity contribution is 6.31. The Kier molecular flexibility index (Phi) is 10.8. The second-order valence-electron chi connectivity index (χ2n) is 11.1. The first-order valence-electron chi connectivity index (χ1n) is 14.7. The van der Waals surface area contributed by atoms with Gasteiger partial charge in [-0.25, -0.2) is 0 Å². The lowest BCUT2D eigenvalue weighted by Gasteiger charge is -2.36. The lowest BCUT2D eigenvalue weighted by atomic mass is 9.79. The highest BCUT2D eigenvalue weighted by atomic mass is 35.5. The van der Waals surface area contributed by atoms with Crippen LogP contribution in [0.2, 0.25) is 5.02 Å². The summed E-state index contributed by atoms with van der Waals surface area (Å²) in [7, 11) is 0. The molecule has 0 spiro atoms. The molecule has 0 N–H and O–H groups in total. The maximum atomic E-state index is 13.4. The van der Waals surface area contributed by atoms with Crippen molar-refractivity contribution in [3.63, 3.8) is 0 Å². The topological polar surface area (TPSA) is 52.6 Å². The van der Waals surface area contributed by atoms with Crippen molar-refractivity contribution in [2.24, 2.45) is 0 Å². The Morgan fingerprint density at radius 2 is 1.30 bits per heavy atom. The van der Waals surface area contributed by atoms with Gasteiger partial charge in [-0.3, -0.25) is 9.59 Å². The quantitative estimate of drug-likeness (QED) is 0.193. The Balaban J connectivity index is 1.74. The van der Waals surface area contributed by atoms with Crippen molar-refractivity contribution in [2.45, 2.75) is 95.7 Å². The first-order chi connectivity index (χ1) is 19.4. The fraction of sp³-hybridized carbons (Fsp3) is 0.429. The van der Waals surface area contributed by atoms with Gasteiger partial charge in [-0.1, -0.05) is 123 Å². The van der Waals surface area contributed by atoms with Gasteiger partial charge in [-0.05, 0) is 44.2 Å². The summed E-state index contributed by atoms with van der Waals surface area (Å²) in [5, 5.41) is 0.499. The van der Waals surface area contributed by atoms with E-state index in [1.54, 1.807) is 13.8 Å². The summed E-state index contributed by atoms with van der Waals surface area (Å²) in [6.07, 6.45) is 9.83. The maximum absolute atomic E-state index is 13.4. The molecule has 0 saturated heterocycles. The summed E-state index contributed by atoms with van der Waals surface area (Å²) >= 11 is 6.81. The van der Waals surface area contributed by atoms with Crippen LogP contribution < -0.4 is 0 Å². The standard InChI is InChI=1S/C35H41ClO4/c1-26(2)39-33(37)24-25-34(38)40-35(29-16-10-7-11-17-29,31-18-12-13-19-32(31)36)30-22-20-28(21-23-30)27-14-8-5-3-4-6-9-15-27/h7,10-13,16-23,26-27H,3-6,8-9,14-15,24-25H2,1-2H3. The lowest BCUT2D eigenvalue weighted by molar-refractivity contribution is -0.158. The Hall–Kier alpha value is -3.11. The van der Waals surface area contributed by atoms with Gasteiger partial charge in [0.05, 0.1) is 18.9 Å². The predicted octanol–water partition coefficient (Wildman–Crippen LogP) is 9.12. The van der Waals surface area contributed by atoms with Crippen molar-refractivity contribution in [1.29, 1.82) is 0 Å². The van der Waals surface area contributed by atoms with E-state index in [2.05, 4.69) is 24.3 Å². The third-order valence-electron chi connectivity index (χ3n) is 7.74. The molecule has 3 aromatic rings. The number of halogens is 1. The molecule has 3 aromatic carbocycles. The van der Waals surface area contributed by atoms with Crippen LogP contribution in [0.4, 0.5) is 0 Å². The van der Waals surface area contributed by atoms with E-state index in [-0.39, 0.29) is 18.9 Å². The second-order valence-corrected chi connectivity index (χ2v) is 11.5. The average molecular weight is 561 g/mol. The minimum Gasteiger partial charge on any atom is -0.463 e. The van der Waals surface area contributed by atoms with E-state index < -0.39 is 17.5 Å². The monoisotopic (exact) mass is 560 g/mol. The minimum atomic E-state index is -1.28. The van der Waals surface area contributed by atoms with E-state index in [0.29, 0.717) is 16.5 Å². The van der Waals surface area contributed by atoms with Crippen LogP contribution >= 0.6 is 11.6 Å². The van der Waals surface area contributed by atoms with Gasteiger partial charge in [0.15, 0.2) is 5.60 Å². The number of rotatable bonds is 9. The number of hydrogen-bond donors (Lipinski definition) is 0. The molecule has 0 aromatic heterocycles. The van der Waals surface area contributed by atoms with Gasteiger partial charge in [0, 0.05) is 21.7 Å². The molecule has 1 aliphatic carbocycles. The predicted molar refractivity (Wildman–Crippen MR) is 160 cm³/mol. The van der Waals surface area contributed by atoms with E-state index in [9.17, 15) is 9.59 Å². The van der Waals surface area contributed by atoms with Crippen LogP contribution in [0.15, 0.2) is 78.9 Å². The SMILES string of the molecule is CC(C)OC(=O)CCC(=O)OC(c1ccccc1)(c1ccc(C2CCCCCCCC2)cc1)c1ccccc1Cl. The zero-order chi connectivity index (χ0) is 28.4. The first kappa shape index (κ1) is 29.9. The molecule has 1 aliphatic rings. The Bertz CT molecular complexity index is 1230. The molecular weight excluding hydrogens is 520 g/mol. The summed E-state index contributed by atoms with van der Waals surface area (Å²) in [6, 6.07) is 25.7. The summed E-state index contributed by atoms with van der Waals surface area (Å²) in [5.74, 6) is -0.382. The Morgan fingerprint density at radius 3 is 1.93 bits per heavy atom. The van der Waals surface area contributed by atoms with Gasteiger partial charge in [0.25, 0.3) is 0 Å². The van der Waals surface area contributed by atoms with Crippen molar-refractivity contribution < 1.29 is 19.1 Å².